The fourth-order valence-corrected chi connectivity index (χ4v) is 2.68. The molecule has 0 spiro atoms. The second-order valence-electron chi connectivity index (χ2n) is 5.09. The molecule has 2 N–H and O–H groups in total. The zero-order valence-electron chi connectivity index (χ0n) is 10.7. The van der Waals surface area contributed by atoms with E-state index in [4.69, 9.17) is 5.73 Å². The Kier molecular flexibility index (Phi) is 4.51. The lowest BCUT2D eigenvalue weighted by atomic mass is 9.95. The van der Waals surface area contributed by atoms with E-state index < -0.39 is 0 Å². The van der Waals surface area contributed by atoms with Crippen LogP contribution in [0.1, 0.15) is 30.7 Å². The Labute approximate surface area is 104 Å². The molecule has 1 fully saturated rings. The van der Waals surface area contributed by atoms with Crippen molar-refractivity contribution in [1.82, 2.24) is 9.88 Å². The predicted molar refractivity (Wildman–Crippen MR) is 70.6 cm³/mol. The number of nitrogens with two attached hydrogens (primary N) is 1. The van der Waals surface area contributed by atoms with Gasteiger partial charge in [-0.1, -0.05) is 6.07 Å². The molecule has 3 nitrogen and oxygen atoms in total. The Hall–Kier alpha value is -0.930. The van der Waals surface area contributed by atoms with Crippen molar-refractivity contribution in [2.45, 2.75) is 32.7 Å². The molecule has 0 saturated carbocycles. The summed E-state index contributed by atoms with van der Waals surface area (Å²) in [5, 5.41) is 0. The lowest BCUT2D eigenvalue weighted by molar-refractivity contribution is 0.161. The molecule has 1 saturated heterocycles. The summed E-state index contributed by atoms with van der Waals surface area (Å²) in [5.41, 5.74) is 7.95. The largest absolute Gasteiger partial charge is 0.330 e. The number of nitrogens with zero attached hydrogens (tertiary/aromatic N) is 2. The molecular weight excluding hydrogens is 210 g/mol. The van der Waals surface area contributed by atoms with Gasteiger partial charge >= 0.3 is 0 Å². The van der Waals surface area contributed by atoms with Gasteiger partial charge in [-0.2, -0.15) is 0 Å². The van der Waals surface area contributed by atoms with Crippen molar-refractivity contribution in [1.29, 1.82) is 0 Å². The number of aromatic nitrogens is 1. The van der Waals surface area contributed by atoms with Crippen LogP contribution in [0.15, 0.2) is 18.2 Å². The van der Waals surface area contributed by atoms with Crippen molar-refractivity contribution in [2.24, 2.45) is 11.7 Å². The summed E-state index contributed by atoms with van der Waals surface area (Å²) in [5.74, 6) is 0.790. The van der Waals surface area contributed by atoms with Gasteiger partial charge in [-0.25, -0.2) is 0 Å². The van der Waals surface area contributed by atoms with Crippen LogP contribution >= 0.6 is 0 Å². The van der Waals surface area contributed by atoms with Crippen molar-refractivity contribution < 1.29 is 0 Å². The first-order valence-electron chi connectivity index (χ1n) is 6.63. The smallest absolute Gasteiger partial charge is 0.0547 e. The number of likely N-dealkylation sites (tertiary alicyclic amines) is 1. The summed E-state index contributed by atoms with van der Waals surface area (Å²) in [4.78, 5) is 7.09. The molecular formula is C14H23N3. The molecule has 1 unspecified atom stereocenters. The molecule has 3 heteroatoms. The highest BCUT2D eigenvalue weighted by Gasteiger charge is 2.19. The van der Waals surface area contributed by atoms with Gasteiger partial charge in [-0.15, -0.1) is 0 Å². The Bertz CT molecular complexity index is 349. The molecule has 0 aliphatic carbocycles. The summed E-state index contributed by atoms with van der Waals surface area (Å²) in [6.45, 7) is 6.25. The van der Waals surface area contributed by atoms with E-state index in [-0.39, 0.29) is 0 Å². The van der Waals surface area contributed by atoms with Crippen molar-refractivity contribution in [3.05, 3.63) is 29.6 Å². The van der Waals surface area contributed by atoms with Crippen LogP contribution in [0, 0.1) is 12.8 Å². The summed E-state index contributed by atoms with van der Waals surface area (Å²) in [6.07, 6.45) is 3.81. The van der Waals surface area contributed by atoms with Crippen LogP contribution < -0.4 is 5.73 Å². The molecule has 17 heavy (non-hydrogen) atoms. The fourth-order valence-electron chi connectivity index (χ4n) is 2.68. The predicted octanol–water partition coefficient (Wildman–Crippen LogP) is 1.95. The van der Waals surface area contributed by atoms with Crippen molar-refractivity contribution in [2.75, 3.05) is 19.6 Å². The molecule has 1 aliphatic rings. The molecule has 0 amide bonds. The lowest BCUT2D eigenvalue weighted by Crippen LogP contribution is -2.35. The molecule has 1 atom stereocenters. The monoisotopic (exact) mass is 233 g/mol. The van der Waals surface area contributed by atoms with Crippen LogP contribution in [0.2, 0.25) is 0 Å². The standard InChI is InChI=1S/C14H23N3/c1-12-4-2-6-14(16-12)11-17-9-3-5-13(10-17)7-8-15/h2,4,6,13H,3,5,7-11,15H2,1H3. The van der Waals surface area contributed by atoms with Gasteiger partial charge in [0.2, 0.25) is 0 Å². The second-order valence-corrected chi connectivity index (χ2v) is 5.09. The van der Waals surface area contributed by atoms with Crippen LogP contribution in [0.3, 0.4) is 0 Å². The van der Waals surface area contributed by atoms with Gasteiger partial charge in [0.05, 0.1) is 5.69 Å². The molecule has 0 bridgehead atoms. The summed E-state index contributed by atoms with van der Waals surface area (Å²) >= 11 is 0. The average Bonchev–Trinajstić information content (AvgIpc) is 2.30. The SMILES string of the molecule is Cc1cccc(CN2CCCC(CCN)C2)n1. The third kappa shape index (κ3) is 3.79. The number of hydrogen-bond acceptors (Lipinski definition) is 3. The number of piperidine rings is 1. The van der Waals surface area contributed by atoms with Gasteiger partial charge in [-0.3, -0.25) is 9.88 Å². The maximum absolute atomic E-state index is 5.65. The second kappa shape index (κ2) is 6.12. The average molecular weight is 233 g/mol. The van der Waals surface area contributed by atoms with Crippen LogP contribution in [0.5, 0.6) is 0 Å². The normalized spacial score (nSPS) is 21.6. The molecule has 0 radical (unpaired) electrons. The number of rotatable bonds is 4. The lowest BCUT2D eigenvalue weighted by Gasteiger charge is -2.32. The van der Waals surface area contributed by atoms with Crippen molar-refractivity contribution in [3.8, 4) is 0 Å². The first-order valence-corrected chi connectivity index (χ1v) is 6.63. The van der Waals surface area contributed by atoms with Gasteiger partial charge in [0, 0.05) is 18.8 Å². The first kappa shape index (κ1) is 12.5. The Morgan fingerprint density at radius 3 is 3.12 bits per heavy atom. The van der Waals surface area contributed by atoms with E-state index >= 15 is 0 Å². The van der Waals surface area contributed by atoms with E-state index in [0.29, 0.717) is 0 Å². The van der Waals surface area contributed by atoms with E-state index in [9.17, 15) is 0 Å². The van der Waals surface area contributed by atoms with Gasteiger partial charge in [0.25, 0.3) is 0 Å². The Morgan fingerprint density at radius 1 is 1.47 bits per heavy atom. The quantitative estimate of drug-likeness (QED) is 0.864. The molecule has 1 aliphatic heterocycles. The maximum atomic E-state index is 5.65. The molecule has 94 valence electrons. The first-order chi connectivity index (χ1) is 8.28. The third-order valence-corrected chi connectivity index (χ3v) is 3.51. The zero-order valence-corrected chi connectivity index (χ0v) is 10.7. The van der Waals surface area contributed by atoms with Crippen molar-refractivity contribution >= 4 is 0 Å². The summed E-state index contributed by atoms with van der Waals surface area (Å²) < 4.78 is 0. The van der Waals surface area contributed by atoms with Gasteiger partial charge in [-0.05, 0) is 57.3 Å². The molecule has 2 heterocycles. The molecule has 1 aromatic heterocycles. The Balaban J connectivity index is 1.90. The number of aryl methyl sites for hydroxylation is 1. The van der Waals surface area contributed by atoms with E-state index in [1.807, 2.05) is 0 Å². The number of pyridine rings is 1. The highest BCUT2D eigenvalue weighted by Crippen LogP contribution is 2.20. The van der Waals surface area contributed by atoms with Gasteiger partial charge in [0.15, 0.2) is 0 Å². The van der Waals surface area contributed by atoms with Gasteiger partial charge < -0.3 is 5.73 Å². The zero-order chi connectivity index (χ0) is 12.1. The third-order valence-electron chi connectivity index (χ3n) is 3.51. The maximum Gasteiger partial charge on any atom is 0.0547 e. The van der Waals surface area contributed by atoms with E-state index in [2.05, 4.69) is 35.0 Å². The summed E-state index contributed by atoms with van der Waals surface area (Å²) in [7, 11) is 0. The van der Waals surface area contributed by atoms with Crippen molar-refractivity contribution in [3.63, 3.8) is 0 Å². The topological polar surface area (TPSA) is 42.1 Å². The highest BCUT2D eigenvalue weighted by atomic mass is 15.1. The van der Waals surface area contributed by atoms with Crippen LogP contribution in [0.4, 0.5) is 0 Å². The van der Waals surface area contributed by atoms with E-state index in [1.54, 1.807) is 0 Å². The van der Waals surface area contributed by atoms with Crippen LogP contribution in [-0.2, 0) is 6.54 Å². The number of hydrogen-bond donors (Lipinski definition) is 1. The molecule has 1 aromatic rings. The minimum absolute atomic E-state index is 0.790. The minimum Gasteiger partial charge on any atom is -0.330 e. The minimum atomic E-state index is 0.790. The molecule has 2 rings (SSSR count). The van der Waals surface area contributed by atoms with Crippen LogP contribution in [0.25, 0.3) is 0 Å². The highest BCUT2D eigenvalue weighted by molar-refractivity contribution is 5.09. The van der Waals surface area contributed by atoms with Crippen LogP contribution in [-0.4, -0.2) is 29.5 Å². The van der Waals surface area contributed by atoms with E-state index in [1.165, 1.54) is 31.6 Å². The molecule has 0 aromatic carbocycles. The fraction of sp³-hybridized carbons (Fsp3) is 0.643. The Morgan fingerprint density at radius 2 is 2.35 bits per heavy atom. The van der Waals surface area contributed by atoms with E-state index in [0.717, 1.165) is 31.1 Å². The van der Waals surface area contributed by atoms with Gasteiger partial charge in [0.1, 0.15) is 0 Å². The summed E-state index contributed by atoms with van der Waals surface area (Å²) in [6, 6.07) is 6.27.